The summed E-state index contributed by atoms with van der Waals surface area (Å²) >= 11 is 0. The summed E-state index contributed by atoms with van der Waals surface area (Å²) in [7, 11) is 0. The van der Waals surface area contributed by atoms with Crippen LogP contribution in [0.15, 0.2) is 77.9 Å². The van der Waals surface area contributed by atoms with Crippen molar-refractivity contribution < 1.29 is 8.81 Å². The number of benzene rings is 1. The van der Waals surface area contributed by atoms with Crippen LogP contribution in [0.2, 0.25) is 0 Å². The van der Waals surface area contributed by atoms with Gasteiger partial charge in [-0.15, -0.1) is 0 Å². The van der Waals surface area contributed by atoms with E-state index >= 15 is 0 Å². The van der Waals surface area contributed by atoms with E-state index in [0.29, 0.717) is 29.7 Å². The quantitative estimate of drug-likeness (QED) is 0.488. The van der Waals surface area contributed by atoms with E-state index < -0.39 is 0 Å². The van der Waals surface area contributed by atoms with E-state index in [1.54, 1.807) is 49.2 Å². The minimum atomic E-state index is -0.303. The highest BCUT2D eigenvalue weighted by molar-refractivity contribution is 5.79. The zero-order valence-corrected chi connectivity index (χ0v) is 15.2. The van der Waals surface area contributed by atoms with Crippen molar-refractivity contribution in [3.63, 3.8) is 0 Å². The lowest BCUT2D eigenvalue weighted by molar-refractivity contribution is 0.596. The third-order valence-electron chi connectivity index (χ3n) is 4.48. The molecule has 0 spiro atoms. The van der Waals surface area contributed by atoms with Gasteiger partial charge in [-0.2, -0.15) is 4.98 Å². The molecule has 0 saturated carbocycles. The van der Waals surface area contributed by atoms with E-state index in [0.717, 1.165) is 16.8 Å². The zero-order valence-electron chi connectivity index (χ0n) is 15.2. The number of hydrogen-bond acceptors (Lipinski definition) is 6. The van der Waals surface area contributed by atoms with Crippen molar-refractivity contribution in [3.05, 3.63) is 84.9 Å². The molecule has 5 rings (SSSR count). The van der Waals surface area contributed by atoms with Crippen molar-refractivity contribution in [1.29, 1.82) is 0 Å². The maximum absolute atomic E-state index is 13.4. The van der Waals surface area contributed by atoms with Crippen molar-refractivity contribution in [2.24, 2.45) is 0 Å². The summed E-state index contributed by atoms with van der Waals surface area (Å²) in [6.45, 7) is 0.574. The van der Waals surface area contributed by atoms with E-state index in [-0.39, 0.29) is 5.82 Å². The van der Waals surface area contributed by atoms with Gasteiger partial charge in [-0.05, 0) is 48.0 Å². The number of rotatable bonds is 5. The van der Waals surface area contributed by atoms with Crippen LogP contribution in [-0.4, -0.2) is 24.3 Å². The van der Waals surface area contributed by atoms with Crippen LogP contribution in [0.1, 0.15) is 5.56 Å². The molecule has 0 aliphatic rings. The molecule has 4 aromatic heterocycles. The van der Waals surface area contributed by atoms with Crippen LogP contribution in [0.5, 0.6) is 0 Å². The molecule has 4 heterocycles. The van der Waals surface area contributed by atoms with E-state index in [4.69, 9.17) is 4.42 Å². The van der Waals surface area contributed by atoms with Gasteiger partial charge in [0, 0.05) is 36.9 Å². The fourth-order valence-corrected chi connectivity index (χ4v) is 3.10. The molecule has 0 aliphatic carbocycles. The maximum atomic E-state index is 13.4. The van der Waals surface area contributed by atoms with Crippen LogP contribution in [0, 0.1) is 5.82 Å². The monoisotopic (exact) mass is 386 g/mol. The third kappa shape index (κ3) is 3.31. The molecule has 5 aromatic rings. The van der Waals surface area contributed by atoms with Gasteiger partial charge in [-0.25, -0.2) is 14.4 Å². The van der Waals surface area contributed by atoms with Crippen LogP contribution in [0.4, 0.5) is 10.3 Å². The van der Waals surface area contributed by atoms with E-state index in [1.165, 1.54) is 12.1 Å². The number of aromatic nitrogens is 5. The lowest BCUT2D eigenvalue weighted by Crippen LogP contribution is -2.04. The highest BCUT2D eigenvalue weighted by Gasteiger charge is 2.19. The van der Waals surface area contributed by atoms with Crippen LogP contribution in [0.25, 0.3) is 28.5 Å². The minimum absolute atomic E-state index is 0.303. The molecule has 1 N–H and O–H groups in total. The number of nitrogens with one attached hydrogen (secondary N) is 1. The van der Waals surface area contributed by atoms with Gasteiger partial charge >= 0.3 is 5.84 Å². The number of halogens is 1. The van der Waals surface area contributed by atoms with Crippen molar-refractivity contribution in [2.75, 3.05) is 5.32 Å². The summed E-state index contributed by atoms with van der Waals surface area (Å²) in [5, 5.41) is 3.22. The standard InChI is InChI=1S/C21H15FN6O/c22-16-3-1-15(2-4-16)18-19(28-11-12-29-21(28)27-18)17-7-10-24-20(26-17)25-13-14-5-8-23-9-6-14/h1-12H,13H2,(H,24,25,26). The second kappa shape index (κ2) is 7.16. The number of anilines is 1. The molecule has 8 heteroatoms. The molecule has 0 unspecified atom stereocenters. The highest BCUT2D eigenvalue weighted by Crippen LogP contribution is 2.32. The first-order valence-electron chi connectivity index (χ1n) is 8.95. The Hall–Kier alpha value is -4.07. The predicted octanol–water partition coefficient (Wildman–Crippen LogP) is 4.20. The molecule has 29 heavy (non-hydrogen) atoms. The first-order valence-corrected chi connectivity index (χ1v) is 8.95. The maximum Gasteiger partial charge on any atom is 0.306 e. The Balaban J connectivity index is 1.54. The van der Waals surface area contributed by atoms with Crippen LogP contribution in [-0.2, 0) is 6.54 Å². The summed E-state index contributed by atoms with van der Waals surface area (Å²) in [5.74, 6) is 0.620. The third-order valence-corrected chi connectivity index (χ3v) is 4.48. The van der Waals surface area contributed by atoms with Crippen LogP contribution < -0.4 is 5.32 Å². The van der Waals surface area contributed by atoms with Crippen LogP contribution >= 0.6 is 0 Å². The van der Waals surface area contributed by atoms with Crippen molar-refractivity contribution in [1.82, 2.24) is 24.3 Å². The molecule has 0 saturated heterocycles. The Bertz CT molecular complexity index is 1260. The average Bonchev–Trinajstić information content (AvgIpc) is 3.35. The molecule has 0 bridgehead atoms. The number of nitrogens with zero attached hydrogens (tertiary/aromatic N) is 5. The lowest BCUT2D eigenvalue weighted by atomic mass is 10.1. The number of imidazole rings is 1. The second-order valence-corrected chi connectivity index (χ2v) is 6.35. The number of fused-ring (bicyclic) bond motifs is 1. The lowest BCUT2D eigenvalue weighted by Gasteiger charge is -2.08. The molecule has 7 nitrogen and oxygen atoms in total. The smallest absolute Gasteiger partial charge is 0.306 e. The van der Waals surface area contributed by atoms with Crippen molar-refractivity contribution >= 4 is 11.8 Å². The topological polar surface area (TPSA) is 81.1 Å². The van der Waals surface area contributed by atoms with E-state index in [1.807, 2.05) is 16.5 Å². The Labute approximate surface area is 164 Å². The summed E-state index contributed by atoms with van der Waals surface area (Å²) in [4.78, 5) is 17.5. The minimum Gasteiger partial charge on any atom is -0.432 e. The Kier molecular flexibility index (Phi) is 4.21. The van der Waals surface area contributed by atoms with Crippen molar-refractivity contribution in [2.45, 2.75) is 6.54 Å². The van der Waals surface area contributed by atoms with Gasteiger partial charge in [0.05, 0.1) is 5.69 Å². The van der Waals surface area contributed by atoms with Gasteiger partial charge in [-0.1, -0.05) is 0 Å². The number of pyridine rings is 1. The molecule has 0 atom stereocenters. The normalized spacial score (nSPS) is 11.1. The first-order chi connectivity index (χ1) is 14.3. The molecule has 0 radical (unpaired) electrons. The van der Waals surface area contributed by atoms with Crippen molar-refractivity contribution in [3.8, 4) is 22.6 Å². The summed E-state index contributed by atoms with van der Waals surface area (Å²) in [6, 6.07) is 11.8. The van der Waals surface area contributed by atoms with Gasteiger partial charge in [-0.3, -0.25) is 9.38 Å². The number of hydrogen-bond donors (Lipinski definition) is 1. The first kappa shape index (κ1) is 17.1. The van der Waals surface area contributed by atoms with Gasteiger partial charge in [0.15, 0.2) is 0 Å². The van der Waals surface area contributed by atoms with Gasteiger partial charge in [0.25, 0.3) is 0 Å². The van der Waals surface area contributed by atoms with Gasteiger partial charge in [0.2, 0.25) is 5.95 Å². The predicted molar refractivity (Wildman–Crippen MR) is 105 cm³/mol. The Morgan fingerprint density at radius 1 is 0.966 bits per heavy atom. The Morgan fingerprint density at radius 3 is 2.62 bits per heavy atom. The summed E-state index contributed by atoms with van der Waals surface area (Å²) < 4.78 is 20.6. The second-order valence-electron chi connectivity index (χ2n) is 6.35. The van der Waals surface area contributed by atoms with Crippen LogP contribution in [0.3, 0.4) is 0 Å². The molecule has 0 aliphatic heterocycles. The molecule has 0 amide bonds. The van der Waals surface area contributed by atoms with E-state index in [2.05, 4.69) is 25.3 Å². The highest BCUT2D eigenvalue weighted by atomic mass is 19.1. The SMILES string of the molecule is Fc1ccc(-c2nc3occn3c2-c2ccnc(NCc3ccncc3)n2)cc1. The fourth-order valence-electron chi connectivity index (χ4n) is 3.10. The zero-order chi connectivity index (χ0) is 19.6. The average molecular weight is 386 g/mol. The molecular formula is C21H15FN6O. The molecule has 142 valence electrons. The van der Waals surface area contributed by atoms with Gasteiger partial charge in [0.1, 0.15) is 23.5 Å². The summed E-state index contributed by atoms with van der Waals surface area (Å²) in [5.41, 5.74) is 3.91. The summed E-state index contributed by atoms with van der Waals surface area (Å²) in [6.07, 6.45) is 8.50. The Morgan fingerprint density at radius 2 is 1.79 bits per heavy atom. The largest absolute Gasteiger partial charge is 0.432 e. The van der Waals surface area contributed by atoms with Gasteiger partial charge < -0.3 is 9.73 Å². The molecule has 0 fully saturated rings. The fraction of sp³-hybridized carbons (Fsp3) is 0.0476. The van der Waals surface area contributed by atoms with E-state index in [9.17, 15) is 4.39 Å². The molecular weight excluding hydrogens is 371 g/mol. The molecule has 1 aromatic carbocycles. The number of oxazole rings is 1.